The molecule has 1 saturated heterocycles. The summed E-state index contributed by atoms with van der Waals surface area (Å²) in [7, 11) is 0. The highest BCUT2D eigenvalue weighted by atomic mass is 16.5. The first-order chi connectivity index (χ1) is 12.0. The molecule has 4 heterocycles. The number of fused-ring (bicyclic) bond motifs is 1. The third kappa shape index (κ3) is 2.75. The molecule has 0 aliphatic carbocycles. The number of hydrogen-bond donors (Lipinski definition) is 0. The molecule has 132 valence electrons. The van der Waals surface area contributed by atoms with Gasteiger partial charge in [-0.3, -0.25) is 0 Å². The largest absolute Gasteiger partial charge is 0.368 e. The normalized spacial score (nSPS) is 16.3. The van der Waals surface area contributed by atoms with E-state index in [1.165, 1.54) is 5.56 Å². The summed E-state index contributed by atoms with van der Waals surface area (Å²) in [5.74, 6) is 2.19. The van der Waals surface area contributed by atoms with Crippen LogP contribution in [0.25, 0.3) is 5.65 Å². The van der Waals surface area contributed by atoms with E-state index in [0.717, 1.165) is 54.7 Å². The fourth-order valence-electron chi connectivity index (χ4n) is 3.41. The van der Waals surface area contributed by atoms with Crippen LogP contribution in [0, 0.1) is 13.8 Å². The van der Waals surface area contributed by atoms with Crippen LogP contribution in [-0.4, -0.2) is 43.0 Å². The topological polar surface area (TPSA) is 85.2 Å². The quantitative estimate of drug-likeness (QED) is 0.724. The lowest BCUT2D eigenvalue weighted by molar-refractivity contribution is 0.326. The van der Waals surface area contributed by atoms with Crippen molar-refractivity contribution < 1.29 is 4.52 Å². The van der Waals surface area contributed by atoms with E-state index in [0.29, 0.717) is 11.8 Å². The average Bonchev–Trinajstić information content (AvgIpc) is 3.25. The van der Waals surface area contributed by atoms with E-state index in [2.05, 4.69) is 51.1 Å². The van der Waals surface area contributed by atoms with Gasteiger partial charge in [-0.2, -0.15) is 14.6 Å². The third-order valence-corrected chi connectivity index (χ3v) is 5.03. The minimum atomic E-state index is 0.293. The van der Waals surface area contributed by atoms with Crippen molar-refractivity contribution in [3.05, 3.63) is 29.3 Å². The van der Waals surface area contributed by atoms with Gasteiger partial charge >= 0.3 is 0 Å². The fourth-order valence-corrected chi connectivity index (χ4v) is 3.41. The molecule has 0 saturated carbocycles. The van der Waals surface area contributed by atoms with Crippen molar-refractivity contribution in [2.75, 3.05) is 18.0 Å². The van der Waals surface area contributed by atoms with Crippen molar-refractivity contribution in [1.29, 1.82) is 0 Å². The van der Waals surface area contributed by atoms with Gasteiger partial charge in [0.1, 0.15) is 6.33 Å². The van der Waals surface area contributed by atoms with Gasteiger partial charge in [0.25, 0.3) is 0 Å². The minimum absolute atomic E-state index is 0.293. The number of piperidine rings is 1. The monoisotopic (exact) mass is 341 g/mol. The zero-order chi connectivity index (χ0) is 17.6. The van der Waals surface area contributed by atoms with Crippen molar-refractivity contribution in [2.45, 2.75) is 52.4 Å². The highest BCUT2D eigenvalue weighted by molar-refractivity contribution is 5.72. The number of nitrogens with zero attached hydrogens (tertiary/aromatic N) is 7. The maximum atomic E-state index is 5.49. The summed E-state index contributed by atoms with van der Waals surface area (Å²) < 4.78 is 7.25. The summed E-state index contributed by atoms with van der Waals surface area (Å²) in [4.78, 5) is 6.95. The van der Waals surface area contributed by atoms with E-state index < -0.39 is 0 Å². The van der Waals surface area contributed by atoms with Crippen molar-refractivity contribution in [1.82, 2.24) is 30.0 Å². The van der Waals surface area contributed by atoms with Gasteiger partial charge in [-0.05, 0) is 32.3 Å². The standard InChI is InChI=1S/C17H23N7O/c1-10(2)15-19-17(25-22-15)13-5-7-23(8-6-13)14-11(3)12(4)21-24-9-18-20-16(14)24/h9-10,13H,5-8H2,1-4H3. The molecule has 25 heavy (non-hydrogen) atoms. The minimum Gasteiger partial charge on any atom is -0.368 e. The Morgan fingerprint density at radius 1 is 1.20 bits per heavy atom. The molecule has 1 fully saturated rings. The lowest BCUT2D eigenvalue weighted by atomic mass is 9.96. The molecule has 4 rings (SSSR count). The zero-order valence-corrected chi connectivity index (χ0v) is 15.1. The Bertz CT molecular complexity index is 890. The highest BCUT2D eigenvalue weighted by Gasteiger charge is 2.28. The number of rotatable bonds is 3. The van der Waals surface area contributed by atoms with Gasteiger partial charge < -0.3 is 9.42 Å². The Morgan fingerprint density at radius 2 is 1.96 bits per heavy atom. The second kappa shape index (κ2) is 6.09. The van der Waals surface area contributed by atoms with Gasteiger partial charge in [-0.25, -0.2) is 0 Å². The van der Waals surface area contributed by atoms with Crippen molar-refractivity contribution in [2.24, 2.45) is 0 Å². The molecule has 1 aliphatic rings. The molecule has 0 amide bonds. The molecule has 0 unspecified atom stereocenters. The molecular formula is C17H23N7O. The van der Waals surface area contributed by atoms with Crippen LogP contribution in [0.5, 0.6) is 0 Å². The van der Waals surface area contributed by atoms with E-state index in [9.17, 15) is 0 Å². The van der Waals surface area contributed by atoms with Gasteiger partial charge in [-0.1, -0.05) is 19.0 Å². The Kier molecular flexibility index (Phi) is 3.89. The summed E-state index contributed by atoms with van der Waals surface area (Å²) in [5, 5.41) is 16.9. The number of aromatic nitrogens is 6. The Morgan fingerprint density at radius 3 is 2.64 bits per heavy atom. The molecule has 0 N–H and O–H groups in total. The molecule has 0 radical (unpaired) electrons. The van der Waals surface area contributed by atoms with Gasteiger partial charge in [0, 0.05) is 24.9 Å². The molecule has 8 nitrogen and oxygen atoms in total. The average molecular weight is 341 g/mol. The summed E-state index contributed by atoms with van der Waals surface area (Å²) in [5.41, 5.74) is 4.13. The predicted molar refractivity (Wildman–Crippen MR) is 92.8 cm³/mol. The molecule has 3 aromatic rings. The van der Waals surface area contributed by atoms with Crippen molar-refractivity contribution in [3.8, 4) is 0 Å². The van der Waals surface area contributed by atoms with Crippen LogP contribution in [-0.2, 0) is 0 Å². The van der Waals surface area contributed by atoms with Crippen LogP contribution in [0.2, 0.25) is 0 Å². The van der Waals surface area contributed by atoms with Crippen molar-refractivity contribution in [3.63, 3.8) is 0 Å². The number of anilines is 1. The fraction of sp³-hybridized carbons (Fsp3) is 0.588. The Hall–Kier alpha value is -2.51. The summed E-state index contributed by atoms with van der Waals surface area (Å²) in [6, 6.07) is 0. The zero-order valence-electron chi connectivity index (χ0n) is 15.1. The second-order valence-corrected chi connectivity index (χ2v) is 7.06. The summed E-state index contributed by atoms with van der Waals surface area (Å²) in [6.45, 7) is 10.1. The molecule has 3 aromatic heterocycles. The van der Waals surface area contributed by atoms with E-state index in [4.69, 9.17) is 4.52 Å². The first-order valence-corrected chi connectivity index (χ1v) is 8.80. The summed E-state index contributed by atoms with van der Waals surface area (Å²) >= 11 is 0. The molecule has 8 heteroatoms. The van der Waals surface area contributed by atoms with Crippen LogP contribution in [0.3, 0.4) is 0 Å². The maximum absolute atomic E-state index is 5.49. The smallest absolute Gasteiger partial charge is 0.229 e. The van der Waals surface area contributed by atoms with E-state index in [1.54, 1.807) is 10.8 Å². The van der Waals surface area contributed by atoms with E-state index >= 15 is 0 Å². The van der Waals surface area contributed by atoms with Gasteiger partial charge in [0.2, 0.25) is 11.5 Å². The molecule has 0 atom stereocenters. The molecular weight excluding hydrogens is 318 g/mol. The van der Waals surface area contributed by atoms with Crippen LogP contribution in [0.1, 0.15) is 61.5 Å². The third-order valence-electron chi connectivity index (χ3n) is 5.03. The first kappa shape index (κ1) is 16.0. The predicted octanol–water partition coefficient (Wildman–Crippen LogP) is 2.63. The Balaban J connectivity index is 1.56. The van der Waals surface area contributed by atoms with E-state index in [-0.39, 0.29) is 0 Å². The van der Waals surface area contributed by atoms with Gasteiger partial charge in [0.05, 0.1) is 11.4 Å². The van der Waals surface area contributed by atoms with Gasteiger partial charge in [-0.15, -0.1) is 10.2 Å². The van der Waals surface area contributed by atoms with Crippen LogP contribution >= 0.6 is 0 Å². The van der Waals surface area contributed by atoms with Gasteiger partial charge in [0.15, 0.2) is 5.82 Å². The maximum Gasteiger partial charge on any atom is 0.229 e. The van der Waals surface area contributed by atoms with Crippen molar-refractivity contribution >= 4 is 11.3 Å². The first-order valence-electron chi connectivity index (χ1n) is 8.80. The van der Waals surface area contributed by atoms with Crippen LogP contribution in [0.15, 0.2) is 10.9 Å². The highest BCUT2D eigenvalue weighted by Crippen LogP contribution is 2.33. The molecule has 0 aromatic carbocycles. The summed E-state index contributed by atoms with van der Waals surface area (Å²) in [6.07, 6.45) is 3.63. The number of aryl methyl sites for hydroxylation is 1. The SMILES string of the molecule is Cc1nn2cnnc2c(N2CCC(c3nc(C(C)C)no3)CC2)c1C. The Labute approximate surface area is 146 Å². The van der Waals surface area contributed by atoms with E-state index in [1.807, 2.05) is 6.92 Å². The number of hydrogen-bond acceptors (Lipinski definition) is 7. The lowest BCUT2D eigenvalue weighted by Crippen LogP contribution is -2.34. The molecule has 0 bridgehead atoms. The van der Waals surface area contributed by atoms with Crippen LogP contribution in [0.4, 0.5) is 5.69 Å². The molecule has 0 spiro atoms. The van der Waals surface area contributed by atoms with Crippen LogP contribution < -0.4 is 4.90 Å². The molecule has 1 aliphatic heterocycles. The second-order valence-electron chi connectivity index (χ2n) is 7.06. The lowest BCUT2D eigenvalue weighted by Gasteiger charge is -2.33.